The molecule has 0 fully saturated rings. The summed E-state index contributed by atoms with van der Waals surface area (Å²) >= 11 is 11.9. The Kier molecular flexibility index (Phi) is 5.69. The van der Waals surface area contributed by atoms with E-state index in [0.29, 0.717) is 23.0 Å². The molecule has 0 aromatic heterocycles. The highest BCUT2D eigenvalue weighted by molar-refractivity contribution is 6.36. The van der Waals surface area contributed by atoms with E-state index >= 15 is 0 Å². The largest absolute Gasteiger partial charge is 0.383 e. The Balaban J connectivity index is 1.88. The first-order chi connectivity index (χ1) is 10.5. The van der Waals surface area contributed by atoms with Crippen molar-refractivity contribution in [2.75, 3.05) is 17.2 Å². The van der Waals surface area contributed by atoms with Gasteiger partial charge in [0.05, 0.1) is 10.7 Å². The molecule has 0 spiro atoms. The zero-order chi connectivity index (χ0) is 16.1. The Labute approximate surface area is 140 Å². The van der Waals surface area contributed by atoms with Crippen molar-refractivity contribution in [3.63, 3.8) is 0 Å². The van der Waals surface area contributed by atoms with E-state index in [1.807, 2.05) is 32.0 Å². The maximum absolute atomic E-state index is 12.0. The zero-order valence-corrected chi connectivity index (χ0v) is 14.1. The lowest BCUT2D eigenvalue weighted by molar-refractivity contribution is -0.115. The van der Waals surface area contributed by atoms with E-state index in [2.05, 4.69) is 10.6 Å². The molecule has 3 nitrogen and oxygen atoms in total. The van der Waals surface area contributed by atoms with Crippen LogP contribution in [0.2, 0.25) is 10.0 Å². The number of hydrogen-bond donors (Lipinski definition) is 2. The van der Waals surface area contributed by atoms with Crippen molar-refractivity contribution in [3.8, 4) is 0 Å². The van der Waals surface area contributed by atoms with Crippen LogP contribution in [0, 0.1) is 13.8 Å². The van der Waals surface area contributed by atoms with Gasteiger partial charge in [-0.15, -0.1) is 0 Å². The summed E-state index contributed by atoms with van der Waals surface area (Å²) in [6.07, 6.45) is 0.354. The van der Waals surface area contributed by atoms with E-state index in [1.54, 1.807) is 18.2 Å². The van der Waals surface area contributed by atoms with E-state index in [9.17, 15) is 4.79 Å². The number of carbonyl (C=O) groups is 1. The highest BCUT2D eigenvalue weighted by Crippen LogP contribution is 2.25. The standard InChI is InChI=1S/C17H18Cl2N2O/c1-11-4-3-5-12(2)17(11)21-16(22)8-9-20-15-7-6-13(18)10-14(15)19/h3-7,10,20H,8-9H2,1-2H3,(H,21,22). The van der Waals surface area contributed by atoms with Crippen LogP contribution in [0.5, 0.6) is 0 Å². The lowest BCUT2D eigenvalue weighted by Crippen LogP contribution is -2.17. The summed E-state index contributed by atoms with van der Waals surface area (Å²) in [5, 5.41) is 7.22. The zero-order valence-electron chi connectivity index (χ0n) is 12.5. The number of carbonyl (C=O) groups excluding carboxylic acids is 1. The van der Waals surface area contributed by atoms with Gasteiger partial charge in [0.2, 0.25) is 5.91 Å². The second kappa shape index (κ2) is 7.52. The molecule has 0 heterocycles. The van der Waals surface area contributed by atoms with Crippen LogP contribution in [-0.4, -0.2) is 12.5 Å². The van der Waals surface area contributed by atoms with Crippen LogP contribution in [0.15, 0.2) is 36.4 Å². The number of amides is 1. The molecule has 116 valence electrons. The minimum atomic E-state index is -0.0324. The Hall–Kier alpha value is -1.71. The Morgan fingerprint density at radius 3 is 2.41 bits per heavy atom. The van der Waals surface area contributed by atoms with Crippen molar-refractivity contribution in [3.05, 3.63) is 57.6 Å². The molecule has 0 aliphatic rings. The summed E-state index contributed by atoms with van der Waals surface area (Å²) in [6.45, 7) is 4.46. The number of rotatable bonds is 5. The number of nitrogens with one attached hydrogen (secondary N) is 2. The maximum Gasteiger partial charge on any atom is 0.226 e. The molecule has 0 saturated heterocycles. The highest BCUT2D eigenvalue weighted by atomic mass is 35.5. The second-order valence-corrected chi connectivity index (χ2v) is 5.96. The van der Waals surface area contributed by atoms with Crippen LogP contribution in [0.1, 0.15) is 17.5 Å². The van der Waals surface area contributed by atoms with Crippen molar-refractivity contribution in [2.24, 2.45) is 0 Å². The molecule has 0 unspecified atom stereocenters. The molecule has 2 aromatic carbocycles. The Bertz CT molecular complexity index is 666. The number of halogens is 2. The van der Waals surface area contributed by atoms with Gasteiger partial charge in [-0.3, -0.25) is 4.79 Å². The van der Waals surface area contributed by atoms with Crippen LogP contribution in [0.25, 0.3) is 0 Å². The van der Waals surface area contributed by atoms with Crippen molar-refractivity contribution >= 4 is 40.5 Å². The highest BCUT2D eigenvalue weighted by Gasteiger charge is 2.07. The van der Waals surface area contributed by atoms with E-state index < -0.39 is 0 Å². The molecule has 0 saturated carbocycles. The van der Waals surface area contributed by atoms with Crippen molar-refractivity contribution in [1.82, 2.24) is 0 Å². The first kappa shape index (κ1) is 16.7. The molecule has 2 N–H and O–H groups in total. The van der Waals surface area contributed by atoms with E-state index in [4.69, 9.17) is 23.2 Å². The monoisotopic (exact) mass is 336 g/mol. The summed E-state index contributed by atoms with van der Waals surface area (Å²) in [5.74, 6) is -0.0324. The van der Waals surface area contributed by atoms with Gasteiger partial charge >= 0.3 is 0 Å². The van der Waals surface area contributed by atoms with Crippen LogP contribution in [0.3, 0.4) is 0 Å². The average molecular weight is 337 g/mol. The average Bonchev–Trinajstić information content (AvgIpc) is 2.45. The predicted octanol–water partition coefficient (Wildman–Crippen LogP) is 5.05. The summed E-state index contributed by atoms with van der Waals surface area (Å²) in [7, 11) is 0. The predicted molar refractivity (Wildman–Crippen MR) is 94.1 cm³/mol. The van der Waals surface area contributed by atoms with Crippen molar-refractivity contribution in [2.45, 2.75) is 20.3 Å². The lowest BCUT2D eigenvalue weighted by atomic mass is 10.1. The van der Waals surface area contributed by atoms with Crippen LogP contribution >= 0.6 is 23.2 Å². The van der Waals surface area contributed by atoms with Crippen molar-refractivity contribution in [1.29, 1.82) is 0 Å². The van der Waals surface area contributed by atoms with Gasteiger partial charge in [-0.1, -0.05) is 41.4 Å². The summed E-state index contributed by atoms with van der Waals surface area (Å²) < 4.78 is 0. The lowest BCUT2D eigenvalue weighted by Gasteiger charge is -2.12. The van der Waals surface area contributed by atoms with Gasteiger partial charge in [0, 0.05) is 23.7 Å². The molecule has 22 heavy (non-hydrogen) atoms. The van der Waals surface area contributed by atoms with Gasteiger partial charge in [-0.05, 0) is 43.2 Å². The molecular formula is C17H18Cl2N2O. The number of para-hydroxylation sites is 1. The van der Waals surface area contributed by atoms with Gasteiger partial charge in [0.15, 0.2) is 0 Å². The van der Waals surface area contributed by atoms with E-state index in [-0.39, 0.29) is 5.91 Å². The van der Waals surface area contributed by atoms with E-state index in [0.717, 1.165) is 22.5 Å². The number of benzene rings is 2. The molecule has 0 aliphatic heterocycles. The SMILES string of the molecule is Cc1cccc(C)c1NC(=O)CCNc1ccc(Cl)cc1Cl. The van der Waals surface area contributed by atoms with Gasteiger partial charge in [0.25, 0.3) is 0 Å². The minimum absolute atomic E-state index is 0.0324. The first-order valence-electron chi connectivity index (χ1n) is 7.02. The summed E-state index contributed by atoms with van der Waals surface area (Å²) in [6, 6.07) is 11.2. The smallest absolute Gasteiger partial charge is 0.226 e. The molecule has 2 rings (SSSR count). The first-order valence-corrected chi connectivity index (χ1v) is 7.78. The van der Waals surface area contributed by atoms with Crippen molar-refractivity contribution < 1.29 is 4.79 Å². The van der Waals surface area contributed by atoms with Crippen LogP contribution < -0.4 is 10.6 Å². The fraction of sp³-hybridized carbons (Fsp3) is 0.235. The number of hydrogen-bond acceptors (Lipinski definition) is 2. The Morgan fingerprint density at radius 2 is 1.77 bits per heavy atom. The molecule has 1 amide bonds. The fourth-order valence-corrected chi connectivity index (χ4v) is 2.63. The molecule has 0 bridgehead atoms. The van der Waals surface area contributed by atoms with Gasteiger partial charge in [-0.2, -0.15) is 0 Å². The Morgan fingerprint density at radius 1 is 1.09 bits per heavy atom. The summed E-state index contributed by atoms with van der Waals surface area (Å²) in [4.78, 5) is 12.0. The molecule has 0 atom stereocenters. The second-order valence-electron chi connectivity index (χ2n) is 5.12. The van der Waals surface area contributed by atoms with Gasteiger partial charge in [0.1, 0.15) is 0 Å². The maximum atomic E-state index is 12.0. The third-order valence-corrected chi connectivity index (χ3v) is 3.89. The van der Waals surface area contributed by atoms with Crippen LogP contribution in [-0.2, 0) is 4.79 Å². The topological polar surface area (TPSA) is 41.1 Å². The van der Waals surface area contributed by atoms with Gasteiger partial charge in [-0.25, -0.2) is 0 Å². The quantitative estimate of drug-likeness (QED) is 0.801. The third-order valence-electron chi connectivity index (χ3n) is 3.34. The van der Waals surface area contributed by atoms with E-state index in [1.165, 1.54) is 0 Å². The number of aryl methyl sites for hydroxylation is 2. The van der Waals surface area contributed by atoms with Gasteiger partial charge < -0.3 is 10.6 Å². The molecule has 2 aromatic rings. The molecule has 5 heteroatoms. The van der Waals surface area contributed by atoms with Crippen LogP contribution in [0.4, 0.5) is 11.4 Å². The molecule has 0 aliphatic carbocycles. The molecule has 0 radical (unpaired) electrons. The number of anilines is 2. The fourth-order valence-electron chi connectivity index (χ4n) is 2.16. The summed E-state index contributed by atoms with van der Waals surface area (Å²) in [5.41, 5.74) is 3.77. The third kappa shape index (κ3) is 4.39. The minimum Gasteiger partial charge on any atom is -0.383 e. The normalized spacial score (nSPS) is 10.4. The molecular weight excluding hydrogens is 319 g/mol.